The van der Waals surface area contributed by atoms with Crippen LogP contribution in [0.15, 0.2) is 48.5 Å². The SMILES string of the molecule is O=C1CC2CNCCN2c2cc(COc3ccccc3)ccc2N1. The molecule has 1 atom stereocenters. The van der Waals surface area contributed by atoms with E-state index in [1.165, 1.54) is 0 Å². The molecular weight excluding hydrogens is 302 g/mol. The number of ether oxygens (including phenoxy) is 1. The van der Waals surface area contributed by atoms with Crippen LogP contribution in [-0.4, -0.2) is 31.6 Å². The second-order valence-electron chi connectivity index (χ2n) is 6.26. The molecule has 2 N–H and O–H groups in total. The minimum absolute atomic E-state index is 0.0840. The van der Waals surface area contributed by atoms with Gasteiger partial charge in [-0.3, -0.25) is 4.79 Å². The molecule has 2 heterocycles. The minimum atomic E-state index is 0.0840. The van der Waals surface area contributed by atoms with Crippen molar-refractivity contribution >= 4 is 17.3 Å². The molecule has 0 aliphatic carbocycles. The average Bonchev–Trinajstić information content (AvgIpc) is 2.76. The molecule has 1 amide bonds. The third-order valence-corrected chi connectivity index (χ3v) is 4.57. The lowest BCUT2D eigenvalue weighted by Gasteiger charge is -2.36. The van der Waals surface area contributed by atoms with E-state index in [0.717, 1.165) is 42.3 Å². The number of fused-ring (bicyclic) bond motifs is 3. The predicted molar refractivity (Wildman–Crippen MR) is 94.5 cm³/mol. The van der Waals surface area contributed by atoms with Gasteiger partial charge < -0.3 is 20.3 Å². The van der Waals surface area contributed by atoms with Crippen LogP contribution >= 0.6 is 0 Å². The van der Waals surface area contributed by atoms with Crippen molar-refractivity contribution in [1.82, 2.24) is 5.32 Å². The lowest BCUT2D eigenvalue weighted by atomic mass is 10.1. The molecule has 2 aromatic rings. The normalized spacial score (nSPS) is 19.8. The molecule has 4 rings (SSSR count). The van der Waals surface area contributed by atoms with Crippen molar-refractivity contribution in [3.05, 3.63) is 54.1 Å². The van der Waals surface area contributed by atoms with E-state index in [-0.39, 0.29) is 11.9 Å². The zero-order valence-corrected chi connectivity index (χ0v) is 13.5. The van der Waals surface area contributed by atoms with Crippen LogP contribution in [0.1, 0.15) is 12.0 Å². The van der Waals surface area contributed by atoms with Gasteiger partial charge in [0.1, 0.15) is 12.4 Å². The van der Waals surface area contributed by atoms with Crippen molar-refractivity contribution in [2.45, 2.75) is 19.1 Å². The Kier molecular flexibility index (Phi) is 4.09. The van der Waals surface area contributed by atoms with Gasteiger partial charge in [0.25, 0.3) is 0 Å². The van der Waals surface area contributed by atoms with E-state index in [1.54, 1.807) is 0 Å². The summed E-state index contributed by atoms with van der Waals surface area (Å²) in [5.41, 5.74) is 3.10. The number of piperazine rings is 1. The third kappa shape index (κ3) is 3.08. The molecule has 0 aromatic heterocycles. The zero-order valence-electron chi connectivity index (χ0n) is 13.5. The van der Waals surface area contributed by atoms with Crippen LogP contribution in [0.25, 0.3) is 0 Å². The molecule has 5 heteroatoms. The van der Waals surface area contributed by atoms with E-state index in [1.807, 2.05) is 42.5 Å². The molecule has 1 fully saturated rings. The van der Waals surface area contributed by atoms with Crippen molar-refractivity contribution < 1.29 is 9.53 Å². The molecule has 124 valence electrons. The van der Waals surface area contributed by atoms with Crippen molar-refractivity contribution in [3.63, 3.8) is 0 Å². The van der Waals surface area contributed by atoms with Crippen LogP contribution < -0.4 is 20.3 Å². The Morgan fingerprint density at radius 3 is 2.92 bits per heavy atom. The van der Waals surface area contributed by atoms with E-state index in [4.69, 9.17) is 4.74 Å². The number of hydrogen-bond acceptors (Lipinski definition) is 4. The fourth-order valence-electron chi connectivity index (χ4n) is 3.37. The summed E-state index contributed by atoms with van der Waals surface area (Å²) in [4.78, 5) is 14.4. The Morgan fingerprint density at radius 1 is 1.17 bits per heavy atom. The minimum Gasteiger partial charge on any atom is -0.489 e. The Bertz CT molecular complexity index is 733. The van der Waals surface area contributed by atoms with Crippen LogP contribution in [0.5, 0.6) is 5.75 Å². The van der Waals surface area contributed by atoms with E-state index < -0.39 is 0 Å². The molecule has 2 aromatic carbocycles. The zero-order chi connectivity index (χ0) is 16.4. The van der Waals surface area contributed by atoms with Crippen LogP contribution in [-0.2, 0) is 11.4 Å². The maximum absolute atomic E-state index is 12.1. The monoisotopic (exact) mass is 323 g/mol. The number of nitrogens with zero attached hydrogens (tertiary/aromatic N) is 1. The number of benzene rings is 2. The number of amides is 1. The maximum atomic E-state index is 12.1. The van der Waals surface area contributed by atoms with Gasteiger partial charge in [0.05, 0.1) is 17.4 Å². The standard InChI is InChI=1S/C19H21N3O2/c23-19-11-15-12-20-8-9-22(15)18-10-14(6-7-17(18)21-19)13-24-16-4-2-1-3-5-16/h1-7,10,15,20H,8-9,11-13H2,(H,21,23). The Morgan fingerprint density at radius 2 is 2.04 bits per heavy atom. The highest BCUT2D eigenvalue weighted by Crippen LogP contribution is 2.33. The molecule has 2 aliphatic heterocycles. The summed E-state index contributed by atoms with van der Waals surface area (Å²) in [5, 5.41) is 6.41. The van der Waals surface area contributed by atoms with Crippen LogP contribution in [0.2, 0.25) is 0 Å². The van der Waals surface area contributed by atoms with Crippen LogP contribution in [0.3, 0.4) is 0 Å². The molecule has 5 nitrogen and oxygen atoms in total. The highest BCUT2D eigenvalue weighted by atomic mass is 16.5. The molecule has 0 saturated carbocycles. The van der Waals surface area contributed by atoms with E-state index >= 15 is 0 Å². The Labute approximate surface area is 141 Å². The fourth-order valence-corrected chi connectivity index (χ4v) is 3.37. The number of nitrogens with one attached hydrogen (secondary N) is 2. The summed E-state index contributed by atoms with van der Waals surface area (Å²) in [5.74, 6) is 0.946. The number of anilines is 2. The number of rotatable bonds is 3. The first-order valence-electron chi connectivity index (χ1n) is 8.37. The van der Waals surface area contributed by atoms with Gasteiger partial charge in [-0.05, 0) is 29.8 Å². The fraction of sp³-hybridized carbons (Fsp3) is 0.316. The van der Waals surface area contributed by atoms with Crippen LogP contribution in [0, 0.1) is 0 Å². The lowest BCUT2D eigenvalue weighted by Crippen LogP contribution is -2.51. The first-order valence-corrected chi connectivity index (χ1v) is 8.37. The van der Waals surface area contributed by atoms with Gasteiger partial charge in [0.2, 0.25) is 5.91 Å². The first kappa shape index (κ1) is 15.0. The largest absolute Gasteiger partial charge is 0.489 e. The Balaban J connectivity index is 1.58. The smallest absolute Gasteiger partial charge is 0.226 e. The lowest BCUT2D eigenvalue weighted by molar-refractivity contribution is -0.116. The molecule has 1 unspecified atom stereocenters. The quantitative estimate of drug-likeness (QED) is 0.911. The average molecular weight is 323 g/mol. The van der Waals surface area contributed by atoms with Crippen molar-refractivity contribution in [1.29, 1.82) is 0 Å². The number of carbonyl (C=O) groups excluding carboxylic acids is 1. The van der Waals surface area contributed by atoms with Gasteiger partial charge in [-0.2, -0.15) is 0 Å². The van der Waals surface area contributed by atoms with Crippen LogP contribution in [0.4, 0.5) is 11.4 Å². The van der Waals surface area contributed by atoms with Gasteiger partial charge in [-0.1, -0.05) is 24.3 Å². The van der Waals surface area contributed by atoms with Gasteiger partial charge in [-0.25, -0.2) is 0 Å². The van der Waals surface area contributed by atoms with Crippen molar-refractivity contribution in [2.75, 3.05) is 29.9 Å². The highest BCUT2D eigenvalue weighted by Gasteiger charge is 2.30. The summed E-state index contributed by atoms with van der Waals surface area (Å²) < 4.78 is 5.85. The molecule has 24 heavy (non-hydrogen) atoms. The topological polar surface area (TPSA) is 53.6 Å². The number of hydrogen-bond donors (Lipinski definition) is 2. The van der Waals surface area contributed by atoms with E-state index in [9.17, 15) is 4.79 Å². The highest BCUT2D eigenvalue weighted by molar-refractivity contribution is 5.97. The van der Waals surface area contributed by atoms with E-state index in [2.05, 4.69) is 21.6 Å². The van der Waals surface area contributed by atoms with Gasteiger partial charge in [-0.15, -0.1) is 0 Å². The van der Waals surface area contributed by atoms with Gasteiger partial charge in [0.15, 0.2) is 0 Å². The third-order valence-electron chi connectivity index (χ3n) is 4.57. The van der Waals surface area contributed by atoms with E-state index in [0.29, 0.717) is 13.0 Å². The molecule has 1 saturated heterocycles. The molecule has 0 spiro atoms. The molecule has 0 bridgehead atoms. The summed E-state index contributed by atoms with van der Waals surface area (Å²) in [6.45, 7) is 3.21. The summed E-state index contributed by atoms with van der Waals surface area (Å²) in [7, 11) is 0. The maximum Gasteiger partial charge on any atom is 0.226 e. The van der Waals surface area contributed by atoms with Crippen molar-refractivity contribution in [2.24, 2.45) is 0 Å². The predicted octanol–water partition coefficient (Wildman–Crippen LogP) is 2.39. The second-order valence-corrected chi connectivity index (χ2v) is 6.26. The second kappa shape index (κ2) is 6.53. The number of para-hydroxylation sites is 1. The summed E-state index contributed by atoms with van der Waals surface area (Å²) >= 11 is 0. The van der Waals surface area contributed by atoms with Gasteiger partial charge in [0, 0.05) is 26.1 Å². The summed E-state index contributed by atoms with van der Waals surface area (Å²) in [6, 6.07) is 16.2. The number of carbonyl (C=O) groups is 1. The summed E-state index contributed by atoms with van der Waals surface area (Å²) in [6.07, 6.45) is 0.525. The van der Waals surface area contributed by atoms with Gasteiger partial charge >= 0.3 is 0 Å². The Hall–Kier alpha value is -2.53. The molecule has 0 radical (unpaired) electrons. The molecular formula is C19H21N3O2. The van der Waals surface area contributed by atoms with Crippen molar-refractivity contribution in [3.8, 4) is 5.75 Å². The first-order chi connectivity index (χ1) is 11.8. The molecule has 2 aliphatic rings.